The Bertz CT molecular complexity index is 527. The first-order chi connectivity index (χ1) is 11.1. The van der Waals surface area contributed by atoms with Gasteiger partial charge in [-0.15, -0.1) is 0 Å². The number of hydrogen-bond donors (Lipinski definition) is 0. The third-order valence-corrected chi connectivity index (χ3v) is 1.64. The Morgan fingerprint density at radius 1 is 0.519 bits per heavy atom. The second-order valence-corrected chi connectivity index (χ2v) is 3.74. The maximum atomic E-state index is 11.3. The Kier molecular flexibility index (Phi) is 12.0. The van der Waals surface area contributed by atoms with Crippen molar-refractivity contribution in [3.63, 3.8) is 0 Å². The molecule has 4 nitrogen and oxygen atoms in total. The molecule has 17 heteroatoms. The fourth-order valence-corrected chi connectivity index (χ4v) is 0.565. The molecular formula is C10H2F12O4Sr. The van der Waals surface area contributed by atoms with E-state index in [2.05, 4.69) is 0 Å². The molecule has 0 aromatic heterocycles. The van der Waals surface area contributed by atoms with Gasteiger partial charge in [0.25, 0.3) is 11.6 Å². The predicted molar refractivity (Wildman–Crippen MR) is 56.2 cm³/mol. The zero-order chi connectivity index (χ0) is 21.7. The Morgan fingerprint density at radius 3 is 0.815 bits per heavy atom. The van der Waals surface area contributed by atoms with Crippen LogP contribution in [0.1, 0.15) is 0 Å². The van der Waals surface area contributed by atoms with Crippen LogP contribution in [0.2, 0.25) is 0 Å². The SMILES string of the molecule is O=C(/C=C(\[O-])C(F)(F)F)C(F)(F)F.O=C(/C=C(\[O-])C(F)(F)F)C(F)(F)F.[Sr+2]. The first-order valence-electron chi connectivity index (χ1n) is 5.24. The zero-order valence-corrected chi connectivity index (χ0v) is 15.5. The van der Waals surface area contributed by atoms with Gasteiger partial charge in [-0.1, -0.05) is 0 Å². The molecule has 0 bridgehead atoms. The monoisotopic (exact) mass is 502 g/mol. The van der Waals surface area contributed by atoms with E-state index in [0.717, 1.165) is 0 Å². The van der Waals surface area contributed by atoms with Gasteiger partial charge in [-0.25, -0.2) is 0 Å². The van der Waals surface area contributed by atoms with Crippen molar-refractivity contribution >= 4 is 57.0 Å². The summed E-state index contributed by atoms with van der Waals surface area (Å²) in [6, 6.07) is 0. The minimum atomic E-state index is -5.46. The molecule has 27 heavy (non-hydrogen) atoms. The van der Waals surface area contributed by atoms with Gasteiger partial charge in [-0.2, -0.15) is 52.7 Å². The Labute approximate surface area is 177 Å². The minimum Gasteiger partial charge on any atom is -0.869 e. The summed E-state index contributed by atoms with van der Waals surface area (Å²) in [5, 5.41) is 19.6. The Balaban J connectivity index is -0.000000411. The number of ketones is 2. The van der Waals surface area contributed by atoms with Crippen LogP contribution in [-0.4, -0.2) is 81.8 Å². The Hall–Kier alpha value is -0.939. The van der Waals surface area contributed by atoms with E-state index in [4.69, 9.17) is 0 Å². The van der Waals surface area contributed by atoms with Crippen molar-refractivity contribution in [3.05, 3.63) is 23.7 Å². The number of rotatable bonds is 2. The second kappa shape index (κ2) is 10.6. The maximum absolute atomic E-state index is 11.3. The van der Waals surface area contributed by atoms with Gasteiger partial charge >= 0.3 is 70.2 Å². The molecule has 0 aromatic rings. The van der Waals surface area contributed by atoms with E-state index >= 15 is 0 Å². The van der Waals surface area contributed by atoms with E-state index in [9.17, 15) is 72.5 Å². The minimum absolute atomic E-state index is 0. The van der Waals surface area contributed by atoms with E-state index in [1.165, 1.54) is 0 Å². The van der Waals surface area contributed by atoms with E-state index in [1.807, 2.05) is 0 Å². The molecule has 0 aromatic carbocycles. The number of alkyl halides is 12. The molecule has 0 saturated heterocycles. The summed E-state index contributed by atoms with van der Waals surface area (Å²) >= 11 is 0. The number of halogens is 12. The molecule has 0 aliphatic rings. The number of carbonyl (C=O) groups excluding carboxylic acids is 2. The molecule has 0 radical (unpaired) electrons. The first-order valence-corrected chi connectivity index (χ1v) is 5.24. The van der Waals surface area contributed by atoms with Crippen molar-refractivity contribution in [2.45, 2.75) is 24.7 Å². The molecule has 0 heterocycles. The van der Waals surface area contributed by atoms with E-state index in [-0.39, 0.29) is 45.5 Å². The van der Waals surface area contributed by atoms with Gasteiger partial charge in [0.05, 0.1) is 0 Å². The van der Waals surface area contributed by atoms with Gasteiger partial charge in [0, 0.05) is 0 Å². The number of hydrogen-bond acceptors (Lipinski definition) is 4. The molecule has 0 saturated carbocycles. The van der Waals surface area contributed by atoms with Crippen LogP contribution in [0.15, 0.2) is 23.7 Å². The standard InChI is InChI=1S/2C5H2F6O2.Sr/c2*6-4(7,8)2(12)1-3(13)5(9,10)11;/h2*1,12H;/q;;+2/p-2/b2*2-1-;. The molecule has 0 rings (SSSR count). The Morgan fingerprint density at radius 2 is 0.704 bits per heavy atom. The molecule has 0 atom stereocenters. The quantitative estimate of drug-likeness (QED) is 0.248. The molecule has 0 unspecified atom stereocenters. The van der Waals surface area contributed by atoms with Crippen molar-refractivity contribution in [1.29, 1.82) is 0 Å². The third kappa shape index (κ3) is 13.8. The third-order valence-electron chi connectivity index (χ3n) is 1.64. The van der Waals surface area contributed by atoms with E-state index in [0.29, 0.717) is 0 Å². The molecule has 0 N–H and O–H groups in total. The summed E-state index contributed by atoms with van der Waals surface area (Å²) in [6.45, 7) is 0. The van der Waals surface area contributed by atoms with Gasteiger partial charge in [0.2, 0.25) is 0 Å². The van der Waals surface area contributed by atoms with Crippen molar-refractivity contribution in [2.24, 2.45) is 0 Å². The summed E-state index contributed by atoms with van der Waals surface area (Å²) in [7, 11) is 0. The van der Waals surface area contributed by atoms with Crippen molar-refractivity contribution in [1.82, 2.24) is 0 Å². The van der Waals surface area contributed by atoms with Gasteiger partial charge in [0.1, 0.15) is 0 Å². The van der Waals surface area contributed by atoms with Crippen molar-refractivity contribution in [3.8, 4) is 0 Å². The molecule has 0 aliphatic carbocycles. The van der Waals surface area contributed by atoms with Crippen LogP contribution in [0.25, 0.3) is 0 Å². The van der Waals surface area contributed by atoms with E-state index in [1.54, 1.807) is 0 Å². The van der Waals surface area contributed by atoms with Gasteiger partial charge in [-0.3, -0.25) is 9.59 Å². The molecular weight excluding hydrogens is 500 g/mol. The summed E-state index contributed by atoms with van der Waals surface area (Å²) in [4.78, 5) is 19.6. The van der Waals surface area contributed by atoms with Crippen LogP contribution < -0.4 is 10.2 Å². The molecule has 0 aliphatic heterocycles. The smallest absolute Gasteiger partial charge is 0.869 e. The van der Waals surface area contributed by atoms with Crippen LogP contribution in [0.3, 0.4) is 0 Å². The fraction of sp³-hybridized carbons (Fsp3) is 0.400. The van der Waals surface area contributed by atoms with Gasteiger partial charge in [0.15, 0.2) is 0 Å². The van der Waals surface area contributed by atoms with Crippen LogP contribution in [0, 0.1) is 0 Å². The molecule has 0 spiro atoms. The average molecular weight is 502 g/mol. The van der Waals surface area contributed by atoms with Crippen LogP contribution in [0.4, 0.5) is 52.7 Å². The normalized spacial score (nSPS) is 13.9. The van der Waals surface area contributed by atoms with E-state index < -0.39 is 59.9 Å². The average Bonchev–Trinajstić information content (AvgIpc) is 2.34. The first kappa shape index (κ1) is 30.8. The van der Waals surface area contributed by atoms with Crippen LogP contribution in [-0.2, 0) is 9.59 Å². The summed E-state index contributed by atoms with van der Waals surface area (Å²) in [6.07, 6.45) is -23.9. The molecule has 152 valence electrons. The maximum Gasteiger partial charge on any atom is 2.00 e. The number of allylic oxidation sites excluding steroid dienone is 4. The second-order valence-electron chi connectivity index (χ2n) is 3.74. The summed E-state index contributed by atoms with van der Waals surface area (Å²) in [5.41, 5.74) is 0. The van der Waals surface area contributed by atoms with Crippen molar-refractivity contribution in [2.75, 3.05) is 0 Å². The number of carbonyl (C=O) groups is 2. The topological polar surface area (TPSA) is 80.3 Å². The van der Waals surface area contributed by atoms with Crippen LogP contribution in [0.5, 0.6) is 0 Å². The molecule has 0 amide bonds. The predicted octanol–water partition coefficient (Wildman–Crippen LogP) is 1.47. The summed E-state index contributed by atoms with van der Waals surface area (Å²) in [5.74, 6) is -11.3. The largest absolute Gasteiger partial charge is 2.00 e. The zero-order valence-electron chi connectivity index (χ0n) is 12.0. The van der Waals surface area contributed by atoms with Gasteiger partial charge < -0.3 is 10.2 Å². The van der Waals surface area contributed by atoms with Crippen LogP contribution >= 0.6 is 0 Å². The fourth-order valence-electron chi connectivity index (χ4n) is 0.565. The molecule has 0 fully saturated rings. The summed E-state index contributed by atoms with van der Waals surface area (Å²) < 4.78 is 136. The van der Waals surface area contributed by atoms with Gasteiger partial charge in [-0.05, 0) is 23.7 Å². The van der Waals surface area contributed by atoms with Crippen molar-refractivity contribution < 1.29 is 72.5 Å².